The van der Waals surface area contributed by atoms with Crippen LogP contribution in [0, 0.1) is 0 Å². The third-order valence-corrected chi connectivity index (χ3v) is 25.3. The number of anilines is 5. The van der Waals surface area contributed by atoms with Crippen molar-refractivity contribution in [3.05, 3.63) is 237 Å². The molecule has 2 nitrogen and oxygen atoms in total. The number of rotatable bonds is 3. The molecule has 5 aliphatic rings. The Labute approximate surface area is 381 Å². The zero-order valence-corrected chi connectivity index (χ0v) is 37.5. The molecule has 300 valence electrons. The Kier molecular flexibility index (Phi) is 7.12. The van der Waals surface area contributed by atoms with Crippen LogP contribution in [0.1, 0.15) is 0 Å². The van der Waals surface area contributed by atoms with Gasteiger partial charge in [0.2, 0.25) is 0 Å². The highest BCUT2D eigenvalue weighted by atomic mass is 28.3. The molecule has 10 aromatic rings. The van der Waals surface area contributed by atoms with Gasteiger partial charge < -0.3 is 9.71 Å². The summed E-state index contributed by atoms with van der Waals surface area (Å²) in [4.78, 5) is 5.49. The molecule has 0 fully saturated rings. The molecule has 15 rings (SSSR count). The second-order valence-corrected chi connectivity index (χ2v) is 25.6. The second kappa shape index (κ2) is 13.0. The van der Waals surface area contributed by atoms with E-state index in [1.165, 1.54) is 114 Å². The van der Waals surface area contributed by atoms with E-state index in [9.17, 15) is 0 Å². The molecule has 5 heterocycles. The molecular formula is C60H39BN2Si2. The summed E-state index contributed by atoms with van der Waals surface area (Å²) in [7, 11) is -5.71. The maximum Gasteiger partial charge on any atom is 0.333 e. The SMILES string of the molecule is c1ccc(-c2cc3c4c(c2)N2c5ccccc5[Si](c5ccccc5)(c5ccccc5)c5cccc(c52)B4N2c4ccccc4[Si]4(c5ccccc5-c5ccccc54)c4cccc-3c42)cc1. The van der Waals surface area contributed by atoms with Gasteiger partial charge in [-0.25, -0.2) is 0 Å². The van der Waals surface area contributed by atoms with Gasteiger partial charge in [0, 0.05) is 34.0 Å². The topological polar surface area (TPSA) is 6.48 Å². The van der Waals surface area contributed by atoms with Gasteiger partial charge >= 0.3 is 6.85 Å². The van der Waals surface area contributed by atoms with Crippen LogP contribution in [0.25, 0.3) is 33.4 Å². The van der Waals surface area contributed by atoms with Gasteiger partial charge in [0.1, 0.15) is 0 Å². The monoisotopic (exact) mass is 854 g/mol. The average Bonchev–Trinajstić information content (AvgIpc) is 3.68. The first-order valence-electron chi connectivity index (χ1n) is 22.9. The van der Waals surface area contributed by atoms with Crippen LogP contribution in [0.2, 0.25) is 0 Å². The first-order chi connectivity index (χ1) is 32.3. The minimum absolute atomic E-state index is 0.0763. The minimum Gasteiger partial charge on any atom is -0.376 e. The van der Waals surface area contributed by atoms with Gasteiger partial charge in [-0.2, -0.15) is 0 Å². The summed E-state index contributed by atoms with van der Waals surface area (Å²) in [5.41, 5.74) is 17.2. The fraction of sp³-hybridized carbons (Fsp3) is 0. The van der Waals surface area contributed by atoms with E-state index in [0.29, 0.717) is 0 Å². The molecule has 0 saturated carbocycles. The zero-order chi connectivity index (χ0) is 42.4. The van der Waals surface area contributed by atoms with Gasteiger partial charge in [0.15, 0.2) is 16.1 Å². The quantitative estimate of drug-likeness (QED) is 0.171. The van der Waals surface area contributed by atoms with E-state index in [1.54, 1.807) is 0 Å². The third kappa shape index (κ3) is 4.31. The van der Waals surface area contributed by atoms with Crippen LogP contribution in [0.5, 0.6) is 0 Å². The van der Waals surface area contributed by atoms with Gasteiger partial charge in [-0.15, -0.1) is 0 Å². The van der Waals surface area contributed by atoms with Crippen LogP contribution < -0.4 is 62.1 Å². The van der Waals surface area contributed by atoms with Gasteiger partial charge in [-0.05, 0) is 105 Å². The second-order valence-electron chi connectivity index (χ2n) is 18.2. The minimum atomic E-state index is -2.90. The highest BCUT2D eigenvalue weighted by Gasteiger charge is 2.59. The maximum atomic E-state index is 2.80. The summed E-state index contributed by atoms with van der Waals surface area (Å²) < 4.78 is 0. The van der Waals surface area contributed by atoms with Crippen molar-refractivity contribution < 1.29 is 0 Å². The zero-order valence-electron chi connectivity index (χ0n) is 35.5. The van der Waals surface area contributed by atoms with Crippen LogP contribution in [0.4, 0.5) is 28.4 Å². The summed E-state index contributed by atoms with van der Waals surface area (Å²) in [6.07, 6.45) is 0. The highest BCUT2D eigenvalue weighted by molar-refractivity contribution is 7.24. The van der Waals surface area contributed by atoms with Gasteiger partial charge in [0.05, 0.1) is 0 Å². The molecule has 0 radical (unpaired) electrons. The molecule has 0 bridgehead atoms. The van der Waals surface area contributed by atoms with Crippen molar-refractivity contribution in [3.8, 4) is 33.4 Å². The van der Waals surface area contributed by atoms with E-state index < -0.39 is 16.1 Å². The Hall–Kier alpha value is -7.70. The number of nitrogens with zero attached hydrogens (tertiary/aromatic N) is 2. The standard InChI is InChI=1S/C60H39BN2Si2/c1-4-20-40(21-5-1)41-38-47-46-28-18-36-56-59(46)63(50-31-13-17-35-55(50)65(56)52-32-14-10-26-44(52)45-27-11-15-33-53(45)65)61-48-29-19-37-57-60(48)62(51(39-41)58(47)61)49-30-12-16-34-54(49)64(57,42-22-6-2-7-23-42)43-24-8-3-9-25-43/h1-39H. The lowest BCUT2D eigenvalue weighted by atomic mass is 9.43. The molecule has 0 amide bonds. The Balaban J connectivity index is 1.12. The number of para-hydroxylation sites is 4. The highest BCUT2D eigenvalue weighted by Crippen LogP contribution is 2.50. The summed E-state index contributed by atoms with van der Waals surface area (Å²) in [6.45, 7) is -0.0763. The lowest BCUT2D eigenvalue weighted by molar-refractivity contribution is 1.28. The number of benzene rings is 10. The predicted molar refractivity (Wildman–Crippen MR) is 279 cm³/mol. The molecule has 0 N–H and O–H groups in total. The molecule has 10 aromatic carbocycles. The molecule has 5 aliphatic heterocycles. The van der Waals surface area contributed by atoms with Crippen LogP contribution in [-0.4, -0.2) is 23.0 Å². The van der Waals surface area contributed by atoms with Crippen molar-refractivity contribution in [1.29, 1.82) is 0 Å². The predicted octanol–water partition coefficient (Wildman–Crippen LogP) is 7.42. The van der Waals surface area contributed by atoms with Crippen molar-refractivity contribution in [2.45, 2.75) is 0 Å². The van der Waals surface area contributed by atoms with Gasteiger partial charge in [0.25, 0.3) is 0 Å². The number of fused-ring (bicyclic) bond motifs is 15. The summed E-state index contributed by atoms with van der Waals surface area (Å²) in [5.74, 6) is 0. The molecule has 1 spiro atoms. The Morgan fingerprint density at radius 1 is 0.308 bits per heavy atom. The van der Waals surface area contributed by atoms with Crippen molar-refractivity contribution in [1.82, 2.24) is 0 Å². The average molecular weight is 855 g/mol. The Bertz CT molecular complexity index is 3560. The van der Waals surface area contributed by atoms with Crippen molar-refractivity contribution >= 4 is 104 Å². The molecule has 0 saturated heterocycles. The van der Waals surface area contributed by atoms with E-state index in [2.05, 4.69) is 246 Å². The number of hydrogen-bond acceptors (Lipinski definition) is 2. The molecule has 0 aromatic heterocycles. The van der Waals surface area contributed by atoms with Crippen LogP contribution in [0.3, 0.4) is 0 Å². The Morgan fingerprint density at radius 2 is 0.800 bits per heavy atom. The van der Waals surface area contributed by atoms with Crippen LogP contribution >= 0.6 is 0 Å². The van der Waals surface area contributed by atoms with E-state index in [0.717, 1.165) is 0 Å². The van der Waals surface area contributed by atoms with Crippen molar-refractivity contribution in [3.63, 3.8) is 0 Å². The fourth-order valence-corrected chi connectivity index (χ4v) is 23.9. The molecule has 5 heteroatoms. The molecular weight excluding hydrogens is 816 g/mol. The Morgan fingerprint density at radius 3 is 1.46 bits per heavy atom. The molecule has 65 heavy (non-hydrogen) atoms. The van der Waals surface area contributed by atoms with Crippen molar-refractivity contribution in [2.24, 2.45) is 0 Å². The van der Waals surface area contributed by atoms with Crippen molar-refractivity contribution in [2.75, 3.05) is 9.71 Å². The van der Waals surface area contributed by atoms with Gasteiger partial charge in [-0.1, -0.05) is 212 Å². The van der Waals surface area contributed by atoms with Crippen LogP contribution in [0.15, 0.2) is 237 Å². The third-order valence-electron chi connectivity index (χ3n) is 15.5. The normalized spacial score (nSPS) is 15.2. The largest absolute Gasteiger partial charge is 0.376 e. The maximum absolute atomic E-state index is 2.90. The smallest absolute Gasteiger partial charge is 0.333 e. The summed E-state index contributed by atoms with van der Waals surface area (Å²) >= 11 is 0. The molecule has 0 aliphatic carbocycles. The summed E-state index contributed by atoms with van der Waals surface area (Å²) in [6, 6.07) is 91.2. The van der Waals surface area contributed by atoms with E-state index in [-0.39, 0.29) is 6.85 Å². The lowest BCUT2D eigenvalue weighted by Gasteiger charge is -2.54. The molecule has 0 unspecified atom stereocenters. The number of hydrogen-bond donors (Lipinski definition) is 0. The van der Waals surface area contributed by atoms with E-state index in [4.69, 9.17) is 0 Å². The first kappa shape index (κ1) is 35.7. The van der Waals surface area contributed by atoms with E-state index >= 15 is 0 Å². The summed E-state index contributed by atoms with van der Waals surface area (Å²) in [5, 5.41) is 11.6. The molecule has 0 atom stereocenters. The lowest BCUT2D eigenvalue weighted by Crippen LogP contribution is -2.80. The first-order valence-corrected chi connectivity index (χ1v) is 26.9. The van der Waals surface area contributed by atoms with E-state index in [1.807, 2.05) is 0 Å². The fourth-order valence-electron chi connectivity index (χ4n) is 13.2. The van der Waals surface area contributed by atoms with Gasteiger partial charge in [-0.3, -0.25) is 0 Å². The van der Waals surface area contributed by atoms with Crippen LogP contribution in [-0.2, 0) is 0 Å².